The summed E-state index contributed by atoms with van der Waals surface area (Å²) in [5, 5.41) is 2.69. The third kappa shape index (κ3) is 7.57. The van der Waals surface area contributed by atoms with Crippen LogP contribution in [-0.4, -0.2) is 93.6 Å². The molecule has 1 aromatic heterocycles. The van der Waals surface area contributed by atoms with Crippen LogP contribution in [0.1, 0.15) is 32.8 Å². The van der Waals surface area contributed by atoms with E-state index in [4.69, 9.17) is 11.5 Å². The fourth-order valence-corrected chi connectivity index (χ4v) is 5.10. The van der Waals surface area contributed by atoms with Crippen LogP contribution in [0.25, 0.3) is 5.69 Å². The Bertz CT molecular complexity index is 1190. The molecule has 3 amide bonds. The molecule has 3 heterocycles. The molecule has 2 atom stereocenters. The van der Waals surface area contributed by atoms with Gasteiger partial charge in [0.25, 0.3) is 0 Å². The Kier molecular flexibility index (Phi) is 10.1. The Morgan fingerprint density at radius 2 is 1.72 bits per heavy atom. The predicted octanol–water partition coefficient (Wildman–Crippen LogP) is 1.28. The molecule has 0 bridgehead atoms. The van der Waals surface area contributed by atoms with Crippen molar-refractivity contribution in [2.45, 2.75) is 45.2 Å². The van der Waals surface area contributed by atoms with E-state index in [-0.39, 0.29) is 30.2 Å². The van der Waals surface area contributed by atoms with Crippen LogP contribution in [0, 0.1) is 5.92 Å². The lowest BCUT2D eigenvalue weighted by atomic mass is 10.1. The molecule has 2 aliphatic rings. The SMILES string of the molecule is CC(Cc1ccc(-n2ccc(NC(=O)N3CCN(C(=O)C(C)(C)N)CC3)nc2=O)cc1)N1CC[C@H](CN)C1.Cl. The van der Waals surface area contributed by atoms with Crippen molar-refractivity contribution in [3.8, 4) is 5.69 Å². The molecule has 1 unspecified atom stereocenters. The Morgan fingerprint density at radius 3 is 2.28 bits per heavy atom. The number of aromatic nitrogens is 2. The summed E-state index contributed by atoms with van der Waals surface area (Å²) in [5.74, 6) is 0.638. The molecular formula is C27H41ClN8O3. The Morgan fingerprint density at radius 1 is 1.08 bits per heavy atom. The van der Waals surface area contributed by atoms with Crippen molar-refractivity contribution in [1.29, 1.82) is 0 Å². The predicted molar refractivity (Wildman–Crippen MR) is 154 cm³/mol. The molecule has 2 aromatic rings. The second-order valence-electron chi connectivity index (χ2n) is 11.0. The summed E-state index contributed by atoms with van der Waals surface area (Å²) in [4.78, 5) is 47.6. The number of carbonyl (C=O) groups excluding carboxylic acids is 2. The van der Waals surface area contributed by atoms with Gasteiger partial charge in [-0.15, -0.1) is 12.4 Å². The highest BCUT2D eigenvalue weighted by Crippen LogP contribution is 2.20. The zero-order valence-corrected chi connectivity index (χ0v) is 23.8. The van der Waals surface area contributed by atoms with Gasteiger partial charge in [0, 0.05) is 45.0 Å². The van der Waals surface area contributed by atoms with Gasteiger partial charge in [0.05, 0.1) is 11.2 Å². The number of benzene rings is 1. The van der Waals surface area contributed by atoms with Crippen molar-refractivity contribution >= 4 is 30.2 Å². The fraction of sp³-hybridized carbons (Fsp3) is 0.556. The fourth-order valence-electron chi connectivity index (χ4n) is 5.10. The van der Waals surface area contributed by atoms with E-state index in [0.29, 0.717) is 43.8 Å². The normalized spacial score (nSPS) is 18.9. The summed E-state index contributed by atoms with van der Waals surface area (Å²) in [6, 6.07) is 9.59. The summed E-state index contributed by atoms with van der Waals surface area (Å²) in [6.07, 6.45) is 3.71. The first-order valence-corrected chi connectivity index (χ1v) is 13.3. The highest BCUT2D eigenvalue weighted by Gasteiger charge is 2.31. The van der Waals surface area contributed by atoms with E-state index in [9.17, 15) is 14.4 Å². The Hall–Kier alpha value is -2.99. The summed E-state index contributed by atoms with van der Waals surface area (Å²) in [5.41, 5.74) is 12.2. The molecule has 1 aromatic carbocycles. The van der Waals surface area contributed by atoms with Gasteiger partial charge in [-0.2, -0.15) is 4.98 Å². The van der Waals surface area contributed by atoms with E-state index in [1.807, 2.05) is 24.3 Å². The first-order valence-electron chi connectivity index (χ1n) is 13.3. The van der Waals surface area contributed by atoms with Crippen molar-refractivity contribution < 1.29 is 9.59 Å². The number of hydrogen-bond donors (Lipinski definition) is 3. The number of carbonyl (C=O) groups is 2. The van der Waals surface area contributed by atoms with Gasteiger partial charge in [0.2, 0.25) is 5.91 Å². The zero-order valence-electron chi connectivity index (χ0n) is 23.0. The van der Waals surface area contributed by atoms with Crippen LogP contribution in [0.2, 0.25) is 0 Å². The van der Waals surface area contributed by atoms with Gasteiger partial charge in [-0.3, -0.25) is 19.6 Å². The molecular weight excluding hydrogens is 520 g/mol. The van der Waals surface area contributed by atoms with E-state index in [1.54, 1.807) is 35.9 Å². The van der Waals surface area contributed by atoms with E-state index in [0.717, 1.165) is 32.5 Å². The minimum absolute atomic E-state index is 0. The minimum atomic E-state index is -0.945. The van der Waals surface area contributed by atoms with Gasteiger partial charge in [0.1, 0.15) is 5.82 Å². The second kappa shape index (κ2) is 12.9. The number of hydrogen-bond acceptors (Lipinski definition) is 7. The maximum atomic E-state index is 12.7. The maximum absolute atomic E-state index is 12.7. The molecule has 0 aliphatic carbocycles. The van der Waals surface area contributed by atoms with Gasteiger partial charge in [-0.25, -0.2) is 9.59 Å². The molecule has 2 fully saturated rings. The van der Waals surface area contributed by atoms with E-state index in [1.165, 1.54) is 10.1 Å². The first kappa shape index (κ1) is 30.6. The lowest BCUT2D eigenvalue weighted by Gasteiger charge is -2.37. The van der Waals surface area contributed by atoms with Crippen LogP contribution >= 0.6 is 12.4 Å². The van der Waals surface area contributed by atoms with E-state index in [2.05, 4.69) is 22.1 Å². The molecule has 39 heavy (non-hydrogen) atoms. The minimum Gasteiger partial charge on any atom is -0.338 e. The highest BCUT2D eigenvalue weighted by atomic mass is 35.5. The average Bonchev–Trinajstić information content (AvgIpc) is 3.38. The van der Waals surface area contributed by atoms with Crippen molar-refractivity contribution in [2.75, 3.05) is 51.1 Å². The molecule has 11 nitrogen and oxygen atoms in total. The van der Waals surface area contributed by atoms with Crippen molar-refractivity contribution in [2.24, 2.45) is 17.4 Å². The Balaban J connectivity index is 0.00000420. The Labute approximate surface area is 235 Å². The third-order valence-electron chi connectivity index (χ3n) is 7.46. The largest absolute Gasteiger partial charge is 0.354 e. The molecule has 5 N–H and O–H groups in total. The number of rotatable bonds is 7. The third-order valence-corrected chi connectivity index (χ3v) is 7.46. The van der Waals surface area contributed by atoms with Gasteiger partial charge in [0.15, 0.2) is 0 Å². The molecule has 0 spiro atoms. The smallest absolute Gasteiger partial charge is 0.338 e. The number of nitrogens with zero attached hydrogens (tertiary/aromatic N) is 5. The van der Waals surface area contributed by atoms with E-state index < -0.39 is 11.2 Å². The lowest BCUT2D eigenvalue weighted by Crippen LogP contribution is -2.58. The highest BCUT2D eigenvalue weighted by molar-refractivity contribution is 5.89. The lowest BCUT2D eigenvalue weighted by molar-refractivity contribution is -0.137. The van der Waals surface area contributed by atoms with Gasteiger partial charge in [-0.1, -0.05) is 12.1 Å². The summed E-state index contributed by atoms with van der Waals surface area (Å²) < 4.78 is 1.45. The van der Waals surface area contributed by atoms with Crippen LogP contribution in [-0.2, 0) is 11.2 Å². The number of piperazine rings is 1. The number of nitrogens with one attached hydrogen (secondary N) is 1. The van der Waals surface area contributed by atoms with Crippen LogP contribution in [0.15, 0.2) is 41.3 Å². The average molecular weight is 561 g/mol. The first-order chi connectivity index (χ1) is 18.0. The molecule has 2 aliphatic heterocycles. The molecule has 12 heteroatoms. The quantitative estimate of drug-likeness (QED) is 0.463. The zero-order chi connectivity index (χ0) is 27.4. The van der Waals surface area contributed by atoms with Gasteiger partial charge >= 0.3 is 11.7 Å². The molecule has 2 saturated heterocycles. The molecule has 214 valence electrons. The number of halogens is 1. The topological polar surface area (TPSA) is 143 Å². The summed E-state index contributed by atoms with van der Waals surface area (Å²) >= 11 is 0. The van der Waals surface area contributed by atoms with Crippen LogP contribution in [0.5, 0.6) is 0 Å². The molecule has 0 saturated carbocycles. The van der Waals surface area contributed by atoms with Gasteiger partial charge < -0.3 is 21.3 Å². The van der Waals surface area contributed by atoms with Crippen molar-refractivity contribution in [3.63, 3.8) is 0 Å². The number of nitrogens with two attached hydrogens (primary N) is 2. The van der Waals surface area contributed by atoms with Gasteiger partial charge in [-0.05, 0) is 76.4 Å². The number of urea groups is 1. The summed E-state index contributed by atoms with van der Waals surface area (Å²) in [6.45, 7) is 10.0. The standard InChI is InChI=1S/C27H40N8O3.ClH/c1-19(34-10-8-21(17-28)18-34)16-20-4-6-22(7-5-20)35-11-9-23(31-26(35)38)30-25(37)33-14-12-32(13-15-33)24(36)27(2,3)29;/h4-7,9,11,19,21H,8,10,12-18,28-29H2,1-3H3,(H,30,31,37,38);1H/t19?,21-;/m1./s1. The van der Waals surface area contributed by atoms with Crippen LogP contribution in [0.4, 0.5) is 10.6 Å². The van der Waals surface area contributed by atoms with Crippen molar-refractivity contribution in [3.05, 3.63) is 52.6 Å². The number of anilines is 1. The van der Waals surface area contributed by atoms with E-state index >= 15 is 0 Å². The number of likely N-dealkylation sites (tertiary alicyclic amines) is 1. The monoisotopic (exact) mass is 560 g/mol. The van der Waals surface area contributed by atoms with Crippen LogP contribution < -0.4 is 22.5 Å². The molecule has 0 radical (unpaired) electrons. The maximum Gasteiger partial charge on any atom is 0.354 e. The van der Waals surface area contributed by atoms with Crippen molar-refractivity contribution in [1.82, 2.24) is 24.3 Å². The summed E-state index contributed by atoms with van der Waals surface area (Å²) in [7, 11) is 0. The second-order valence-corrected chi connectivity index (χ2v) is 11.0. The molecule has 4 rings (SSSR count). The number of amides is 3. The van der Waals surface area contributed by atoms with Crippen LogP contribution in [0.3, 0.4) is 0 Å².